The van der Waals surface area contributed by atoms with Gasteiger partial charge < -0.3 is 23.7 Å². The highest BCUT2D eigenvalue weighted by Gasteiger charge is 2.28. The molecule has 0 saturated carbocycles. The molecular formula is C22H25NO7. The largest absolute Gasteiger partial charge is 0.502 e. The molecule has 2 aromatic rings. The second-order valence-corrected chi connectivity index (χ2v) is 7.57. The molecule has 8 nitrogen and oxygen atoms in total. The van der Waals surface area contributed by atoms with Crippen LogP contribution >= 0.6 is 0 Å². The minimum absolute atomic E-state index is 0.0544. The number of aromatic hydroxyl groups is 1. The Bertz CT molecular complexity index is 978. The van der Waals surface area contributed by atoms with E-state index >= 15 is 0 Å². The number of hydrogen-bond donors (Lipinski definition) is 1. The van der Waals surface area contributed by atoms with E-state index in [0.29, 0.717) is 29.4 Å². The van der Waals surface area contributed by atoms with Crippen molar-refractivity contribution in [3.05, 3.63) is 51.6 Å². The molecule has 8 heteroatoms. The zero-order valence-electron chi connectivity index (χ0n) is 16.9. The van der Waals surface area contributed by atoms with Gasteiger partial charge in [-0.1, -0.05) is 12.5 Å². The molecule has 0 aliphatic carbocycles. The molecule has 3 heterocycles. The number of rotatable bonds is 6. The highest BCUT2D eigenvalue weighted by atomic mass is 16.7. The van der Waals surface area contributed by atoms with Crippen LogP contribution in [0.1, 0.15) is 48.7 Å². The molecule has 1 N–H and O–H groups in total. The highest BCUT2D eigenvalue weighted by molar-refractivity contribution is 5.71. The van der Waals surface area contributed by atoms with Crippen molar-refractivity contribution in [3.63, 3.8) is 0 Å². The van der Waals surface area contributed by atoms with Crippen LogP contribution in [0, 0.1) is 0 Å². The Morgan fingerprint density at radius 1 is 1.17 bits per heavy atom. The quantitative estimate of drug-likeness (QED) is 0.719. The van der Waals surface area contributed by atoms with E-state index in [-0.39, 0.29) is 19.0 Å². The average molecular weight is 415 g/mol. The topological polar surface area (TPSA) is 98.4 Å². The fraction of sp³-hybridized carbons (Fsp3) is 0.455. The summed E-state index contributed by atoms with van der Waals surface area (Å²) < 4.78 is 21.6. The molecule has 30 heavy (non-hydrogen) atoms. The van der Waals surface area contributed by atoms with Gasteiger partial charge in [0.05, 0.1) is 26.0 Å². The molecule has 1 aromatic heterocycles. The van der Waals surface area contributed by atoms with E-state index in [2.05, 4.69) is 4.90 Å². The van der Waals surface area contributed by atoms with Gasteiger partial charge >= 0.3 is 5.97 Å². The van der Waals surface area contributed by atoms with Crippen molar-refractivity contribution in [2.24, 2.45) is 0 Å². The number of carbonyl (C=O) groups excluding carboxylic acids is 1. The monoisotopic (exact) mass is 415 g/mol. The number of ether oxygens (including phenoxy) is 3. The van der Waals surface area contributed by atoms with Crippen molar-refractivity contribution >= 4 is 5.97 Å². The van der Waals surface area contributed by atoms with E-state index in [0.717, 1.165) is 25.9 Å². The fourth-order valence-electron chi connectivity index (χ4n) is 3.95. The summed E-state index contributed by atoms with van der Waals surface area (Å²) >= 11 is 0. The van der Waals surface area contributed by atoms with Crippen LogP contribution in [0.3, 0.4) is 0 Å². The summed E-state index contributed by atoms with van der Waals surface area (Å²) in [5, 5.41) is 10.5. The Kier molecular flexibility index (Phi) is 5.94. The van der Waals surface area contributed by atoms with Crippen molar-refractivity contribution in [2.75, 3.05) is 27.0 Å². The van der Waals surface area contributed by atoms with Crippen molar-refractivity contribution < 1.29 is 28.5 Å². The first-order valence-electron chi connectivity index (χ1n) is 10.1. The maximum atomic E-state index is 12.5. The summed E-state index contributed by atoms with van der Waals surface area (Å²) in [6.07, 6.45) is 3.32. The van der Waals surface area contributed by atoms with Crippen LogP contribution in [0.4, 0.5) is 0 Å². The minimum atomic E-state index is -0.707. The van der Waals surface area contributed by atoms with Crippen molar-refractivity contribution in [1.82, 2.24) is 4.90 Å². The van der Waals surface area contributed by atoms with E-state index in [1.165, 1.54) is 19.6 Å². The molecular weight excluding hydrogens is 390 g/mol. The normalized spacial score (nSPS) is 17.0. The average Bonchev–Trinajstić information content (AvgIpc) is 3.23. The van der Waals surface area contributed by atoms with Gasteiger partial charge in [0.25, 0.3) is 0 Å². The third-order valence-corrected chi connectivity index (χ3v) is 5.54. The number of methoxy groups -OCH3 is 1. The number of carbonyl (C=O) groups is 1. The molecule has 0 bridgehead atoms. The maximum Gasteiger partial charge on any atom is 0.306 e. The maximum absolute atomic E-state index is 12.5. The second-order valence-electron chi connectivity index (χ2n) is 7.57. The zero-order chi connectivity index (χ0) is 21.1. The van der Waals surface area contributed by atoms with Crippen LogP contribution in [0.25, 0.3) is 0 Å². The fourth-order valence-corrected chi connectivity index (χ4v) is 3.95. The molecule has 160 valence electrons. The second kappa shape index (κ2) is 8.79. The van der Waals surface area contributed by atoms with Gasteiger partial charge in [-0.25, -0.2) is 0 Å². The molecule has 0 spiro atoms. The van der Waals surface area contributed by atoms with Crippen LogP contribution in [0.5, 0.6) is 17.2 Å². The molecule has 2 aliphatic rings. The van der Waals surface area contributed by atoms with Crippen molar-refractivity contribution in [2.45, 2.75) is 38.1 Å². The first-order chi connectivity index (χ1) is 14.5. The third kappa shape index (κ3) is 4.28. The van der Waals surface area contributed by atoms with Crippen LogP contribution in [-0.4, -0.2) is 43.0 Å². The van der Waals surface area contributed by atoms with Gasteiger partial charge in [-0.2, -0.15) is 0 Å². The Hall–Kier alpha value is -3.00. The lowest BCUT2D eigenvalue weighted by molar-refractivity contribution is -0.140. The van der Waals surface area contributed by atoms with Gasteiger partial charge in [-0.05, 0) is 43.6 Å². The van der Waals surface area contributed by atoms with Crippen molar-refractivity contribution in [3.8, 4) is 17.2 Å². The molecule has 1 aromatic carbocycles. The summed E-state index contributed by atoms with van der Waals surface area (Å²) in [6.45, 7) is 2.47. The lowest BCUT2D eigenvalue weighted by atomic mass is 9.92. The molecule has 1 fully saturated rings. The van der Waals surface area contributed by atoms with E-state index in [1.54, 1.807) is 18.2 Å². The standard InChI is InChI=1S/C22H25NO7/c1-27-20(25)11-16(14-5-6-18-19(9-14)29-13-28-18)22-21(26)17(24)10-15(30-22)12-23-7-3-2-4-8-23/h5-6,9-10,16,26H,2-4,7-8,11-13H2,1H3/t16-/m1/s1. The van der Waals surface area contributed by atoms with E-state index in [1.807, 2.05) is 0 Å². The Morgan fingerprint density at radius 3 is 2.70 bits per heavy atom. The first kappa shape index (κ1) is 20.3. The highest BCUT2D eigenvalue weighted by Crippen LogP contribution is 2.39. The number of hydrogen-bond acceptors (Lipinski definition) is 8. The van der Waals surface area contributed by atoms with Crippen LogP contribution < -0.4 is 14.9 Å². The van der Waals surface area contributed by atoms with Crippen molar-refractivity contribution in [1.29, 1.82) is 0 Å². The predicted molar refractivity (Wildman–Crippen MR) is 107 cm³/mol. The van der Waals surface area contributed by atoms with Gasteiger partial charge in [-0.3, -0.25) is 14.5 Å². The smallest absolute Gasteiger partial charge is 0.306 e. The molecule has 2 aliphatic heterocycles. The Balaban J connectivity index is 1.71. The van der Waals surface area contributed by atoms with E-state index in [9.17, 15) is 14.7 Å². The lowest BCUT2D eigenvalue weighted by Crippen LogP contribution is -2.29. The van der Waals surface area contributed by atoms with Crippen LogP contribution in [0.2, 0.25) is 0 Å². The molecule has 0 unspecified atom stereocenters. The predicted octanol–water partition coefficient (Wildman–Crippen LogP) is 2.76. The Labute approximate surface area is 174 Å². The Morgan fingerprint density at radius 2 is 1.93 bits per heavy atom. The summed E-state index contributed by atoms with van der Waals surface area (Å²) in [4.78, 5) is 26.8. The third-order valence-electron chi connectivity index (χ3n) is 5.54. The summed E-state index contributed by atoms with van der Waals surface area (Å²) in [5.41, 5.74) is 0.122. The zero-order valence-corrected chi connectivity index (χ0v) is 16.9. The van der Waals surface area contributed by atoms with E-state index < -0.39 is 23.1 Å². The van der Waals surface area contributed by atoms with Crippen LogP contribution in [0.15, 0.2) is 33.5 Å². The molecule has 0 radical (unpaired) electrons. The molecule has 1 saturated heterocycles. The lowest BCUT2D eigenvalue weighted by Gasteiger charge is -2.26. The van der Waals surface area contributed by atoms with Crippen LogP contribution in [-0.2, 0) is 16.1 Å². The molecule has 0 amide bonds. The molecule has 4 rings (SSSR count). The number of benzene rings is 1. The number of likely N-dealkylation sites (tertiary alicyclic amines) is 1. The van der Waals surface area contributed by atoms with Gasteiger partial charge in [-0.15, -0.1) is 0 Å². The van der Waals surface area contributed by atoms with Gasteiger partial charge in [0.1, 0.15) is 5.76 Å². The van der Waals surface area contributed by atoms with Gasteiger partial charge in [0.2, 0.25) is 18.0 Å². The molecule has 1 atom stereocenters. The SMILES string of the molecule is COC(=O)C[C@H](c1ccc2c(c1)OCO2)c1oc(CN2CCCCC2)cc(=O)c1O. The van der Waals surface area contributed by atoms with Gasteiger partial charge in [0.15, 0.2) is 17.3 Å². The number of fused-ring (bicyclic) bond motifs is 1. The minimum Gasteiger partial charge on any atom is -0.502 e. The number of esters is 1. The summed E-state index contributed by atoms with van der Waals surface area (Å²) in [7, 11) is 1.29. The first-order valence-corrected chi connectivity index (χ1v) is 10.1. The summed E-state index contributed by atoms with van der Waals surface area (Å²) in [6, 6.07) is 6.54. The number of nitrogens with zero attached hydrogens (tertiary/aromatic N) is 1. The van der Waals surface area contributed by atoms with E-state index in [4.69, 9.17) is 18.6 Å². The summed E-state index contributed by atoms with van der Waals surface area (Å²) in [5.74, 6) is -0.0380. The number of piperidine rings is 1. The van der Waals surface area contributed by atoms with Gasteiger partial charge in [0, 0.05) is 6.07 Å².